The standard InChI is InChI=1S/C25H26FN3O5S/c1-17-24(23(34-28-17)11-10-18-6-3-4-9-22(18)26)35(31,32)29-14-12-19(13-15-29)25(30)27-20-7-5-8-21(16-20)33-2/h3-11,16,19H,12-15H2,1-2H3,(H,27,30)/b11-10+. The van der Waals surface area contributed by atoms with Gasteiger partial charge in [-0.3, -0.25) is 4.79 Å². The van der Waals surface area contributed by atoms with E-state index in [1.807, 2.05) is 0 Å². The highest BCUT2D eigenvalue weighted by molar-refractivity contribution is 7.89. The highest BCUT2D eigenvalue weighted by Crippen LogP contribution is 2.30. The van der Waals surface area contributed by atoms with Crippen molar-refractivity contribution >= 4 is 33.8 Å². The van der Waals surface area contributed by atoms with Crippen molar-refractivity contribution < 1.29 is 26.9 Å². The average Bonchev–Trinajstić information content (AvgIpc) is 3.24. The number of carbonyl (C=O) groups is 1. The molecule has 0 unspecified atom stereocenters. The van der Waals surface area contributed by atoms with Crippen molar-refractivity contribution in [3.05, 3.63) is 71.4 Å². The first-order valence-electron chi connectivity index (χ1n) is 11.1. The normalized spacial score (nSPS) is 15.4. The fourth-order valence-corrected chi connectivity index (χ4v) is 5.73. The number of hydrogen-bond acceptors (Lipinski definition) is 6. The van der Waals surface area contributed by atoms with Crippen molar-refractivity contribution in [1.29, 1.82) is 0 Å². The molecule has 1 aliphatic rings. The van der Waals surface area contributed by atoms with Crippen LogP contribution < -0.4 is 10.1 Å². The van der Waals surface area contributed by atoms with Crippen LogP contribution in [-0.4, -0.2) is 44.0 Å². The molecule has 184 valence electrons. The Labute approximate surface area is 203 Å². The molecule has 1 aliphatic heterocycles. The van der Waals surface area contributed by atoms with Gasteiger partial charge < -0.3 is 14.6 Å². The highest BCUT2D eigenvalue weighted by atomic mass is 32.2. The fraction of sp³-hybridized carbons (Fsp3) is 0.280. The Morgan fingerprint density at radius 2 is 1.91 bits per heavy atom. The summed E-state index contributed by atoms with van der Waals surface area (Å²) in [7, 11) is -2.38. The van der Waals surface area contributed by atoms with Crippen LogP contribution in [0.1, 0.15) is 29.9 Å². The number of nitrogens with zero attached hydrogens (tertiary/aromatic N) is 2. The summed E-state index contributed by atoms with van der Waals surface area (Å²) in [6.45, 7) is 1.91. The van der Waals surface area contributed by atoms with E-state index in [4.69, 9.17) is 9.26 Å². The fourth-order valence-electron chi connectivity index (χ4n) is 4.01. The Morgan fingerprint density at radius 1 is 1.17 bits per heavy atom. The molecule has 1 amide bonds. The smallest absolute Gasteiger partial charge is 0.248 e. The molecule has 1 N–H and O–H groups in total. The first-order valence-corrected chi connectivity index (χ1v) is 12.6. The zero-order valence-electron chi connectivity index (χ0n) is 19.4. The summed E-state index contributed by atoms with van der Waals surface area (Å²) in [6, 6.07) is 13.2. The average molecular weight is 500 g/mol. The number of aryl methyl sites for hydroxylation is 1. The number of sulfonamides is 1. The van der Waals surface area contributed by atoms with Crippen LogP contribution in [0, 0.1) is 18.7 Å². The van der Waals surface area contributed by atoms with E-state index >= 15 is 0 Å². The van der Waals surface area contributed by atoms with Crippen LogP contribution in [0.15, 0.2) is 57.9 Å². The predicted octanol–water partition coefficient (Wildman–Crippen LogP) is 4.34. The first-order chi connectivity index (χ1) is 16.8. The number of anilines is 1. The zero-order valence-corrected chi connectivity index (χ0v) is 20.2. The van der Waals surface area contributed by atoms with E-state index in [0.29, 0.717) is 29.8 Å². The van der Waals surface area contributed by atoms with Gasteiger partial charge in [0.1, 0.15) is 17.3 Å². The molecule has 8 nitrogen and oxygen atoms in total. The summed E-state index contributed by atoms with van der Waals surface area (Å²) in [5, 5.41) is 6.69. The van der Waals surface area contributed by atoms with Crippen LogP contribution in [0.4, 0.5) is 10.1 Å². The SMILES string of the molecule is COc1cccc(NC(=O)C2CCN(S(=O)(=O)c3c(C)noc3/C=C/c3ccccc3F)CC2)c1. The summed E-state index contributed by atoms with van der Waals surface area (Å²) in [6.07, 6.45) is 3.60. The number of methoxy groups -OCH3 is 1. The molecule has 3 aromatic rings. The van der Waals surface area contributed by atoms with Gasteiger partial charge in [-0.25, -0.2) is 12.8 Å². The molecule has 1 aromatic heterocycles. The number of halogens is 1. The Bertz CT molecular complexity index is 1340. The van der Waals surface area contributed by atoms with Gasteiger partial charge in [-0.1, -0.05) is 29.4 Å². The molecular weight excluding hydrogens is 473 g/mol. The first kappa shape index (κ1) is 24.6. The number of amides is 1. The molecule has 0 saturated carbocycles. The summed E-state index contributed by atoms with van der Waals surface area (Å²) in [5.74, 6) is -0.253. The van der Waals surface area contributed by atoms with Crippen LogP contribution in [0.3, 0.4) is 0 Å². The minimum atomic E-state index is -3.93. The third kappa shape index (κ3) is 5.44. The van der Waals surface area contributed by atoms with E-state index in [9.17, 15) is 17.6 Å². The van der Waals surface area contributed by atoms with E-state index in [0.717, 1.165) is 0 Å². The number of hydrogen-bond donors (Lipinski definition) is 1. The lowest BCUT2D eigenvalue weighted by atomic mass is 9.97. The van der Waals surface area contributed by atoms with Gasteiger partial charge in [-0.15, -0.1) is 0 Å². The number of benzene rings is 2. The van der Waals surface area contributed by atoms with Crippen LogP contribution in [0.5, 0.6) is 5.75 Å². The molecule has 1 fully saturated rings. The second-order valence-electron chi connectivity index (χ2n) is 8.22. The molecule has 2 heterocycles. The van der Waals surface area contributed by atoms with Crippen molar-refractivity contribution in [2.24, 2.45) is 5.92 Å². The summed E-state index contributed by atoms with van der Waals surface area (Å²) in [4.78, 5) is 12.7. The molecule has 1 saturated heterocycles. The molecular formula is C25H26FN3O5S. The van der Waals surface area contributed by atoms with Crippen LogP contribution in [-0.2, 0) is 14.8 Å². The topological polar surface area (TPSA) is 102 Å². The molecule has 0 radical (unpaired) electrons. The molecule has 0 spiro atoms. The maximum Gasteiger partial charge on any atom is 0.248 e. The van der Waals surface area contributed by atoms with Crippen molar-refractivity contribution in [2.75, 3.05) is 25.5 Å². The lowest BCUT2D eigenvalue weighted by Gasteiger charge is -2.30. The van der Waals surface area contributed by atoms with Crippen LogP contribution in [0.25, 0.3) is 12.2 Å². The van der Waals surface area contributed by atoms with Crippen molar-refractivity contribution in [3.63, 3.8) is 0 Å². The van der Waals surface area contributed by atoms with Gasteiger partial charge in [0.05, 0.1) is 7.11 Å². The largest absolute Gasteiger partial charge is 0.497 e. The number of piperidine rings is 1. The van der Waals surface area contributed by atoms with Crippen molar-refractivity contribution in [1.82, 2.24) is 9.46 Å². The highest BCUT2D eigenvalue weighted by Gasteiger charge is 2.36. The maximum absolute atomic E-state index is 13.9. The number of nitrogens with one attached hydrogen (secondary N) is 1. The molecule has 0 aliphatic carbocycles. The van der Waals surface area contributed by atoms with Gasteiger partial charge in [0.15, 0.2) is 10.7 Å². The van der Waals surface area contributed by atoms with Crippen molar-refractivity contribution in [2.45, 2.75) is 24.7 Å². The summed E-state index contributed by atoms with van der Waals surface area (Å²) in [5.41, 5.74) is 1.14. The lowest BCUT2D eigenvalue weighted by Crippen LogP contribution is -2.41. The zero-order chi connectivity index (χ0) is 25.0. The van der Waals surface area contributed by atoms with Gasteiger partial charge in [0.2, 0.25) is 15.9 Å². The predicted molar refractivity (Wildman–Crippen MR) is 130 cm³/mol. The minimum absolute atomic E-state index is 0.0312. The van der Waals surface area contributed by atoms with Crippen LogP contribution in [0.2, 0.25) is 0 Å². The maximum atomic E-state index is 13.9. The van der Waals surface area contributed by atoms with Gasteiger partial charge in [-0.05, 0) is 50.1 Å². The molecule has 0 bridgehead atoms. The van der Waals surface area contributed by atoms with Crippen molar-refractivity contribution in [3.8, 4) is 5.75 Å². The summed E-state index contributed by atoms with van der Waals surface area (Å²) >= 11 is 0. The Hall–Kier alpha value is -3.50. The quantitative estimate of drug-likeness (QED) is 0.519. The van der Waals surface area contributed by atoms with E-state index in [-0.39, 0.29) is 41.3 Å². The van der Waals surface area contributed by atoms with E-state index in [1.54, 1.807) is 56.5 Å². The van der Waals surface area contributed by atoms with Gasteiger partial charge in [0, 0.05) is 36.3 Å². The van der Waals surface area contributed by atoms with Crippen LogP contribution >= 0.6 is 0 Å². The van der Waals surface area contributed by atoms with Gasteiger partial charge in [0.25, 0.3) is 0 Å². The summed E-state index contributed by atoms with van der Waals surface area (Å²) < 4.78 is 52.5. The van der Waals surface area contributed by atoms with Gasteiger partial charge in [-0.2, -0.15) is 4.31 Å². The molecule has 10 heteroatoms. The molecule has 2 aromatic carbocycles. The molecule has 0 atom stereocenters. The van der Waals surface area contributed by atoms with E-state index in [2.05, 4.69) is 10.5 Å². The number of carbonyl (C=O) groups excluding carboxylic acids is 1. The third-order valence-electron chi connectivity index (χ3n) is 5.91. The Kier molecular flexibility index (Phi) is 7.32. The van der Waals surface area contributed by atoms with E-state index < -0.39 is 15.8 Å². The van der Waals surface area contributed by atoms with E-state index in [1.165, 1.54) is 22.5 Å². The third-order valence-corrected chi connectivity index (χ3v) is 7.97. The number of ether oxygens (including phenoxy) is 1. The lowest BCUT2D eigenvalue weighted by molar-refractivity contribution is -0.120. The number of aromatic nitrogens is 1. The molecule has 35 heavy (non-hydrogen) atoms. The van der Waals surface area contributed by atoms with Gasteiger partial charge >= 0.3 is 0 Å². The molecule has 4 rings (SSSR count). The monoisotopic (exact) mass is 499 g/mol. The second kappa shape index (κ2) is 10.4. The second-order valence-corrected chi connectivity index (χ2v) is 10.1. The number of rotatable bonds is 7. The minimum Gasteiger partial charge on any atom is -0.497 e. The Balaban J connectivity index is 1.45. The Morgan fingerprint density at radius 3 is 2.63 bits per heavy atom.